The molecule has 0 saturated heterocycles. The molecule has 2 amide bonds. The summed E-state index contributed by atoms with van der Waals surface area (Å²) in [5.74, 6) is -1.21. The molecule has 0 saturated carbocycles. The van der Waals surface area contributed by atoms with Crippen LogP contribution in [0.2, 0.25) is 0 Å². The molecule has 0 aliphatic rings. The average Bonchev–Trinajstić information content (AvgIpc) is 2.60. The van der Waals surface area contributed by atoms with Crippen molar-refractivity contribution in [2.75, 3.05) is 13.6 Å². The lowest BCUT2D eigenvalue weighted by atomic mass is 9.99. The Bertz CT molecular complexity index is 850. The summed E-state index contributed by atoms with van der Waals surface area (Å²) in [5, 5.41) is 14.5. The zero-order valence-electron chi connectivity index (χ0n) is 14.8. The molecule has 2 rings (SSSR count). The summed E-state index contributed by atoms with van der Waals surface area (Å²) in [6, 6.07) is 8.77. The maximum absolute atomic E-state index is 12.9. The smallest absolute Gasteiger partial charge is 0.358 e. The molecule has 0 unspecified atom stereocenters. The van der Waals surface area contributed by atoms with Crippen LogP contribution in [0.15, 0.2) is 42.5 Å². The monoisotopic (exact) mass is 379 g/mol. The third-order valence-electron chi connectivity index (χ3n) is 3.98. The zero-order valence-corrected chi connectivity index (χ0v) is 14.8. The van der Waals surface area contributed by atoms with Crippen LogP contribution in [0.1, 0.15) is 18.1 Å². The van der Waals surface area contributed by atoms with Gasteiger partial charge in [-0.1, -0.05) is 18.2 Å². The molecule has 2 aromatic carbocycles. The van der Waals surface area contributed by atoms with Crippen LogP contribution in [0.25, 0.3) is 11.1 Å². The molecule has 143 valence electrons. The number of likely N-dealkylation sites (N-methyl/N-ethyl adjacent to an activating group) is 1. The Balaban J connectivity index is 2.35. The first-order valence-corrected chi connectivity index (χ1v) is 8.05. The number of nitrogens with zero attached hydrogens (tertiary/aromatic N) is 1. The van der Waals surface area contributed by atoms with E-state index < -0.39 is 17.5 Å². The van der Waals surface area contributed by atoms with Crippen LogP contribution in [-0.2, 0) is 27.4 Å². The fourth-order valence-corrected chi connectivity index (χ4v) is 2.52. The Hall–Kier alpha value is -3.03. The van der Waals surface area contributed by atoms with Crippen molar-refractivity contribution in [1.29, 1.82) is 0 Å². The topological polar surface area (TPSA) is 69.3 Å². The van der Waals surface area contributed by atoms with Gasteiger partial charge in [0.1, 0.15) is 0 Å². The highest BCUT2D eigenvalue weighted by atomic mass is 19.4. The summed E-state index contributed by atoms with van der Waals surface area (Å²) in [6.45, 7) is 1.26. The number of carbonyl (C=O) groups excluding carboxylic acids is 2. The third kappa shape index (κ3) is 5.22. The van der Waals surface area contributed by atoms with Gasteiger partial charge in [-0.2, -0.15) is 13.2 Å². The molecule has 0 atom stereocenters. The average molecular weight is 379 g/mol. The van der Waals surface area contributed by atoms with Gasteiger partial charge >= 0.3 is 6.18 Å². The van der Waals surface area contributed by atoms with Crippen molar-refractivity contribution in [2.24, 2.45) is 0 Å². The van der Waals surface area contributed by atoms with E-state index in [4.69, 9.17) is 0 Å². The third-order valence-corrected chi connectivity index (χ3v) is 3.98. The van der Waals surface area contributed by atoms with Crippen molar-refractivity contribution in [3.05, 3.63) is 53.6 Å². The minimum Gasteiger partial charge on any atom is -0.358 e. The normalized spacial score (nSPS) is 11.1. The number of amides is 2. The number of hydrogen-bond donors (Lipinski definition) is 1. The molecular weight excluding hydrogens is 361 g/mol. The van der Waals surface area contributed by atoms with E-state index >= 15 is 0 Å². The Morgan fingerprint density at radius 2 is 1.81 bits per heavy atom. The molecule has 0 spiro atoms. The van der Waals surface area contributed by atoms with E-state index in [1.807, 2.05) is 0 Å². The molecule has 1 radical (unpaired) electrons. The molecule has 1 N–H and O–H groups in total. The summed E-state index contributed by atoms with van der Waals surface area (Å²) in [7, 11) is 1.45. The van der Waals surface area contributed by atoms with Crippen molar-refractivity contribution in [1.82, 2.24) is 10.2 Å². The quantitative estimate of drug-likeness (QED) is 0.862. The van der Waals surface area contributed by atoms with E-state index in [1.165, 1.54) is 31.0 Å². The molecular formula is C19H18F3N2O3. The SMILES string of the molecule is CNC(=O)CN(Cc1cccc(-c2cc(C(F)(F)F)ccc2[O])c1)C(C)=O. The van der Waals surface area contributed by atoms with Gasteiger partial charge < -0.3 is 10.2 Å². The molecule has 0 aliphatic carbocycles. The molecule has 0 heterocycles. The zero-order chi connectivity index (χ0) is 20.2. The lowest BCUT2D eigenvalue weighted by molar-refractivity contribution is -0.137. The van der Waals surface area contributed by atoms with Crippen LogP contribution in [0.3, 0.4) is 0 Å². The molecule has 0 aliphatic heterocycles. The fourth-order valence-electron chi connectivity index (χ4n) is 2.52. The Kier molecular flexibility index (Phi) is 6.09. The van der Waals surface area contributed by atoms with Crippen LogP contribution in [0.4, 0.5) is 13.2 Å². The maximum atomic E-state index is 12.9. The van der Waals surface area contributed by atoms with E-state index in [1.54, 1.807) is 12.1 Å². The van der Waals surface area contributed by atoms with E-state index in [9.17, 15) is 27.9 Å². The first-order valence-electron chi connectivity index (χ1n) is 8.05. The maximum Gasteiger partial charge on any atom is 0.416 e. The van der Waals surface area contributed by atoms with Gasteiger partial charge in [0.15, 0.2) is 5.75 Å². The first kappa shape index (κ1) is 20.3. The Morgan fingerprint density at radius 3 is 2.41 bits per heavy atom. The number of rotatable bonds is 5. The van der Waals surface area contributed by atoms with Gasteiger partial charge in [-0.15, -0.1) is 0 Å². The number of benzene rings is 2. The van der Waals surface area contributed by atoms with Gasteiger partial charge in [0, 0.05) is 26.1 Å². The lowest BCUT2D eigenvalue weighted by Crippen LogP contribution is -2.37. The highest BCUT2D eigenvalue weighted by Crippen LogP contribution is 2.37. The van der Waals surface area contributed by atoms with Crippen molar-refractivity contribution >= 4 is 11.8 Å². The van der Waals surface area contributed by atoms with Gasteiger partial charge in [-0.3, -0.25) is 14.7 Å². The predicted molar refractivity (Wildman–Crippen MR) is 92.2 cm³/mol. The van der Waals surface area contributed by atoms with Gasteiger partial charge in [0.2, 0.25) is 11.8 Å². The molecule has 0 aromatic heterocycles. The number of hydrogen-bond acceptors (Lipinski definition) is 2. The lowest BCUT2D eigenvalue weighted by Gasteiger charge is -2.20. The Morgan fingerprint density at radius 1 is 1.11 bits per heavy atom. The highest BCUT2D eigenvalue weighted by Gasteiger charge is 2.31. The van der Waals surface area contributed by atoms with Crippen LogP contribution in [-0.4, -0.2) is 30.3 Å². The van der Waals surface area contributed by atoms with E-state index in [0.717, 1.165) is 18.2 Å². The summed E-state index contributed by atoms with van der Waals surface area (Å²) in [5.41, 5.74) is -0.0877. The largest absolute Gasteiger partial charge is 0.416 e. The molecule has 0 bridgehead atoms. The van der Waals surface area contributed by atoms with Gasteiger partial charge in [-0.05, 0) is 35.4 Å². The first-order chi connectivity index (χ1) is 12.6. The summed E-state index contributed by atoms with van der Waals surface area (Å²) >= 11 is 0. The molecule has 2 aromatic rings. The number of halogens is 3. The number of alkyl halides is 3. The van der Waals surface area contributed by atoms with Crippen molar-refractivity contribution in [3.63, 3.8) is 0 Å². The van der Waals surface area contributed by atoms with Gasteiger partial charge in [0.05, 0.1) is 12.1 Å². The van der Waals surface area contributed by atoms with Crippen LogP contribution < -0.4 is 5.32 Å². The minimum atomic E-state index is -4.56. The standard InChI is InChI=1S/C19H18F3N2O3/c1-12(25)24(11-18(27)23-2)10-13-4-3-5-14(8-13)16-9-15(19(20,21)22)6-7-17(16)26/h3-9H,10-11H2,1-2H3,(H,23,27). The van der Waals surface area contributed by atoms with E-state index in [2.05, 4.69) is 5.32 Å². The van der Waals surface area contributed by atoms with Crippen LogP contribution in [0.5, 0.6) is 5.75 Å². The fraction of sp³-hybridized carbons (Fsp3) is 0.263. The van der Waals surface area contributed by atoms with Gasteiger partial charge in [0.25, 0.3) is 0 Å². The second-order valence-corrected chi connectivity index (χ2v) is 5.96. The van der Waals surface area contributed by atoms with Crippen molar-refractivity contribution < 1.29 is 27.9 Å². The minimum absolute atomic E-state index is 0.0765. The van der Waals surface area contributed by atoms with Crippen molar-refractivity contribution in [3.8, 4) is 16.9 Å². The van der Waals surface area contributed by atoms with Crippen molar-refractivity contribution in [2.45, 2.75) is 19.6 Å². The second kappa shape index (κ2) is 8.11. The van der Waals surface area contributed by atoms with E-state index in [-0.39, 0.29) is 30.5 Å². The molecule has 8 heteroatoms. The summed E-state index contributed by atoms with van der Waals surface area (Å²) < 4.78 is 38.8. The predicted octanol–water partition coefficient (Wildman–Crippen LogP) is 3.61. The van der Waals surface area contributed by atoms with Gasteiger partial charge in [-0.25, -0.2) is 0 Å². The van der Waals surface area contributed by atoms with Crippen LogP contribution in [0, 0.1) is 0 Å². The second-order valence-electron chi connectivity index (χ2n) is 5.96. The molecule has 5 nitrogen and oxygen atoms in total. The summed E-state index contributed by atoms with van der Waals surface area (Å²) in [4.78, 5) is 24.6. The molecule has 27 heavy (non-hydrogen) atoms. The van der Waals surface area contributed by atoms with Crippen LogP contribution >= 0.6 is 0 Å². The highest BCUT2D eigenvalue weighted by molar-refractivity contribution is 5.83. The number of nitrogens with one attached hydrogen (secondary N) is 1. The van der Waals surface area contributed by atoms with E-state index in [0.29, 0.717) is 11.1 Å². The number of carbonyl (C=O) groups is 2. The summed E-state index contributed by atoms with van der Waals surface area (Å²) in [6.07, 6.45) is -4.56. The Labute approximate surface area is 154 Å². The molecule has 0 fully saturated rings.